The zero-order valence-electron chi connectivity index (χ0n) is 11.5. The van der Waals surface area contributed by atoms with Crippen molar-refractivity contribution in [3.8, 4) is 0 Å². The number of nitrogens with zero attached hydrogens (tertiary/aromatic N) is 2. The SMILES string of the molecule is Cc1ccc2nc(CCNC(=O)c3ccc(Br)o3)cn2c1. The van der Waals surface area contributed by atoms with Crippen molar-refractivity contribution in [2.45, 2.75) is 13.3 Å². The summed E-state index contributed by atoms with van der Waals surface area (Å²) in [7, 11) is 0. The van der Waals surface area contributed by atoms with E-state index in [9.17, 15) is 4.79 Å². The average molecular weight is 348 g/mol. The molecule has 0 aliphatic rings. The zero-order valence-corrected chi connectivity index (χ0v) is 13.1. The van der Waals surface area contributed by atoms with E-state index in [4.69, 9.17) is 4.42 Å². The molecule has 21 heavy (non-hydrogen) atoms. The Labute approximate surface area is 130 Å². The van der Waals surface area contributed by atoms with Crippen LogP contribution in [0.15, 0.2) is 45.7 Å². The van der Waals surface area contributed by atoms with Gasteiger partial charge in [-0.3, -0.25) is 4.79 Å². The molecule has 108 valence electrons. The Morgan fingerprint density at radius 1 is 1.33 bits per heavy atom. The van der Waals surface area contributed by atoms with Crippen LogP contribution in [0.5, 0.6) is 0 Å². The van der Waals surface area contributed by atoms with Gasteiger partial charge in [-0.2, -0.15) is 0 Å². The van der Waals surface area contributed by atoms with Crippen LogP contribution in [0.4, 0.5) is 0 Å². The summed E-state index contributed by atoms with van der Waals surface area (Å²) in [4.78, 5) is 16.3. The fourth-order valence-electron chi connectivity index (χ4n) is 2.10. The molecule has 0 aliphatic heterocycles. The lowest BCUT2D eigenvalue weighted by molar-refractivity contribution is 0.0925. The van der Waals surface area contributed by atoms with E-state index in [0.717, 1.165) is 11.3 Å². The minimum Gasteiger partial charge on any atom is -0.444 e. The molecule has 1 N–H and O–H groups in total. The van der Waals surface area contributed by atoms with E-state index in [0.29, 0.717) is 23.4 Å². The Hall–Kier alpha value is -2.08. The predicted octanol–water partition coefficient (Wildman–Crippen LogP) is 2.97. The lowest BCUT2D eigenvalue weighted by atomic mass is 10.3. The second kappa shape index (κ2) is 5.73. The van der Waals surface area contributed by atoms with Gasteiger partial charge < -0.3 is 14.1 Å². The van der Waals surface area contributed by atoms with Gasteiger partial charge >= 0.3 is 0 Å². The minimum absolute atomic E-state index is 0.222. The number of imidazole rings is 1. The number of aryl methyl sites for hydroxylation is 1. The number of hydrogen-bond donors (Lipinski definition) is 1. The molecule has 3 aromatic heterocycles. The molecule has 0 spiro atoms. The van der Waals surface area contributed by atoms with Gasteiger partial charge in [-0.15, -0.1) is 0 Å². The number of pyridine rings is 1. The van der Waals surface area contributed by atoms with Crippen LogP contribution in [0.25, 0.3) is 5.65 Å². The molecular weight excluding hydrogens is 334 g/mol. The first-order valence-corrected chi connectivity index (χ1v) is 7.39. The van der Waals surface area contributed by atoms with Gasteiger partial charge in [0.05, 0.1) is 5.69 Å². The molecule has 0 saturated carbocycles. The van der Waals surface area contributed by atoms with Crippen LogP contribution in [0, 0.1) is 6.92 Å². The third kappa shape index (κ3) is 3.16. The molecule has 0 unspecified atom stereocenters. The number of furan rings is 1. The molecule has 6 heteroatoms. The maximum absolute atomic E-state index is 11.8. The first kappa shape index (κ1) is 13.9. The van der Waals surface area contributed by atoms with Crippen LogP contribution in [0.1, 0.15) is 21.8 Å². The Morgan fingerprint density at radius 3 is 2.95 bits per heavy atom. The summed E-state index contributed by atoms with van der Waals surface area (Å²) in [6, 6.07) is 7.34. The van der Waals surface area contributed by atoms with Gasteiger partial charge in [-0.05, 0) is 46.6 Å². The van der Waals surface area contributed by atoms with Gasteiger partial charge in [-0.25, -0.2) is 4.98 Å². The number of nitrogens with one attached hydrogen (secondary N) is 1. The van der Waals surface area contributed by atoms with Crippen molar-refractivity contribution in [2.24, 2.45) is 0 Å². The maximum atomic E-state index is 11.8. The normalized spacial score (nSPS) is 11.0. The molecule has 1 amide bonds. The van der Waals surface area contributed by atoms with Gasteiger partial charge in [0.1, 0.15) is 5.65 Å². The van der Waals surface area contributed by atoms with Crippen LogP contribution in [-0.2, 0) is 6.42 Å². The monoisotopic (exact) mass is 347 g/mol. The molecule has 0 atom stereocenters. The lowest BCUT2D eigenvalue weighted by Gasteiger charge is -2.00. The highest BCUT2D eigenvalue weighted by Gasteiger charge is 2.10. The van der Waals surface area contributed by atoms with E-state index < -0.39 is 0 Å². The third-order valence-electron chi connectivity index (χ3n) is 3.11. The van der Waals surface area contributed by atoms with E-state index in [1.165, 1.54) is 5.56 Å². The summed E-state index contributed by atoms with van der Waals surface area (Å²) in [5.74, 6) is 0.0767. The number of fused-ring (bicyclic) bond motifs is 1. The fraction of sp³-hybridized carbons (Fsp3) is 0.200. The molecule has 3 aromatic rings. The van der Waals surface area contributed by atoms with Crippen molar-refractivity contribution in [3.63, 3.8) is 0 Å². The van der Waals surface area contributed by atoms with Gasteiger partial charge in [0.15, 0.2) is 10.4 Å². The summed E-state index contributed by atoms with van der Waals surface area (Å²) in [5.41, 5.74) is 3.04. The van der Waals surface area contributed by atoms with Gasteiger partial charge in [0, 0.05) is 25.4 Å². The van der Waals surface area contributed by atoms with Gasteiger partial charge in [0.2, 0.25) is 0 Å². The number of amides is 1. The first-order chi connectivity index (χ1) is 10.1. The van der Waals surface area contributed by atoms with Crippen LogP contribution < -0.4 is 5.32 Å². The molecular formula is C15H14BrN3O2. The molecule has 0 radical (unpaired) electrons. The van der Waals surface area contributed by atoms with E-state index >= 15 is 0 Å². The molecule has 0 bridgehead atoms. The van der Waals surface area contributed by atoms with Crippen molar-refractivity contribution in [2.75, 3.05) is 6.54 Å². The van der Waals surface area contributed by atoms with Crippen molar-refractivity contribution < 1.29 is 9.21 Å². The Morgan fingerprint density at radius 2 is 2.19 bits per heavy atom. The standard InChI is InChI=1S/C15H14BrN3O2/c1-10-2-5-14-18-11(9-19(14)8-10)6-7-17-15(20)12-3-4-13(16)21-12/h2-5,8-9H,6-7H2,1H3,(H,17,20). The predicted molar refractivity (Wildman–Crippen MR) is 82.4 cm³/mol. The van der Waals surface area contributed by atoms with E-state index in [1.807, 2.05) is 35.9 Å². The third-order valence-corrected chi connectivity index (χ3v) is 3.54. The molecule has 0 aliphatic carbocycles. The highest BCUT2D eigenvalue weighted by atomic mass is 79.9. The zero-order chi connectivity index (χ0) is 14.8. The molecule has 0 saturated heterocycles. The second-order valence-corrected chi connectivity index (χ2v) is 5.60. The molecule has 0 fully saturated rings. The number of hydrogen-bond acceptors (Lipinski definition) is 3. The molecule has 3 rings (SSSR count). The largest absolute Gasteiger partial charge is 0.444 e. The molecule has 0 aromatic carbocycles. The number of carbonyl (C=O) groups is 1. The van der Waals surface area contributed by atoms with Crippen LogP contribution >= 0.6 is 15.9 Å². The summed E-state index contributed by atoms with van der Waals surface area (Å²) < 4.78 is 7.74. The van der Waals surface area contributed by atoms with Crippen LogP contribution in [0.3, 0.4) is 0 Å². The van der Waals surface area contributed by atoms with Crippen LogP contribution in [-0.4, -0.2) is 21.8 Å². The van der Waals surface area contributed by atoms with E-state index in [-0.39, 0.29) is 5.91 Å². The summed E-state index contributed by atoms with van der Waals surface area (Å²) in [6.07, 6.45) is 4.69. The quantitative estimate of drug-likeness (QED) is 0.789. The lowest BCUT2D eigenvalue weighted by Crippen LogP contribution is -2.25. The van der Waals surface area contributed by atoms with Crippen molar-refractivity contribution in [3.05, 3.63) is 58.3 Å². The first-order valence-electron chi connectivity index (χ1n) is 6.59. The van der Waals surface area contributed by atoms with Gasteiger partial charge in [-0.1, -0.05) is 6.07 Å². The van der Waals surface area contributed by atoms with Gasteiger partial charge in [0.25, 0.3) is 5.91 Å². The van der Waals surface area contributed by atoms with E-state index in [2.05, 4.69) is 26.2 Å². The number of aromatic nitrogens is 2. The highest BCUT2D eigenvalue weighted by molar-refractivity contribution is 9.10. The number of rotatable bonds is 4. The van der Waals surface area contributed by atoms with E-state index in [1.54, 1.807) is 12.1 Å². The highest BCUT2D eigenvalue weighted by Crippen LogP contribution is 2.13. The van der Waals surface area contributed by atoms with Crippen molar-refractivity contribution in [1.29, 1.82) is 0 Å². The molecule has 3 heterocycles. The Bertz CT molecular complexity index is 791. The maximum Gasteiger partial charge on any atom is 0.287 e. The summed E-state index contributed by atoms with van der Waals surface area (Å²) in [6.45, 7) is 2.56. The average Bonchev–Trinajstić information content (AvgIpc) is 3.04. The number of halogens is 1. The minimum atomic E-state index is -0.222. The van der Waals surface area contributed by atoms with Crippen molar-refractivity contribution >= 4 is 27.5 Å². The number of carbonyl (C=O) groups excluding carboxylic acids is 1. The Kier molecular flexibility index (Phi) is 3.79. The summed E-state index contributed by atoms with van der Waals surface area (Å²) in [5, 5.41) is 2.81. The topological polar surface area (TPSA) is 59.5 Å². The second-order valence-electron chi connectivity index (χ2n) is 4.81. The van der Waals surface area contributed by atoms with Crippen molar-refractivity contribution in [1.82, 2.24) is 14.7 Å². The molecule has 5 nitrogen and oxygen atoms in total. The summed E-state index contributed by atoms with van der Waals surface area (Å²) >= 11 is 3.17. The van der Waals surface area contributed by atoms with Crippen LogP contribution in [0.2, 0.25) is 0 Å². The smallest absolute Gasteiger partial charge is 0.287 e. The fourth-order valence-corrected chi connectivity index (χ4v) is 2.41. The Balaban J connectivity index is 1.60.